The SMILES string of the molecule is Cc1ccc(NN=Cc2ccccc2OCc2ccc(Cl)cc2Cl)cc1Cl. The van der Waals surface area contributed by atoms with E-state index in [2.05, 4.69) is 10.5 Å². The Morgan fingerprint density at radius 2 is 1.78 bits per heavy atom. The first kappa shape index (κ1) is 19.6. The first-order valence-electron chi connectivity index (χ1n) is 8.24. The van der Waals surface area contributed by atoms with Crippen molar-refractivity contribution in [2.45, 2.75) is 13.5 Å². The summed E-state index contributed by atoms with van der Waals surface area (Å²) in [5.74, 6) is 0.705. The lowest BCUT2D eigenvalue weighted by atomic mass is 10.2. The van der Waals surface area contributed by atoms with Crippen molar-refractivity contribution in [3.63, 3.8) is 0 Å². The molecular weight excluding hydrogens is 403 g/mol. The lowest BCUT2D eigenvalue weighted by molar-refractivity contribution is 0.306. The van der Waals surface area contributed by atoms with E-state index >= 15 is 0 Å². The molecule has 3 aromatic carbocycles. The van der Waals surface area contributed by atoms with Crippen LogP contribution in [0.15, 0.2) is 65.8 Å². The lowest BCUT2D eigenvalue weighted by Crippen LogP contribution is -1.99. The molecule has 0 fully saturated rings. The number of aryl methyl sites for hydroxylation is 1. The molecule has 0 saturated carbocycles. The maximum absolute atomic E-state index is 6.20. The van der Waals surface area contributed by atoms with Gasteiger partial charge < -0.3 is 4.74 Å². The Hall–Kier alpha value is -2.20. The Kier molecular flexibility index (Phi) is 6.62. The summed E-state index contributed by atoms with van der Waals surface area (Å²) in [7, 11) is 0. The molecule has 0 radical (unpaired) electrons. The standard InChI is InChI=1S/C21H17Cl3N2O/c1-14-6-9-18(11-19(14)23)26-25-12-15-4-2-3-5-21(15)27-13-16-7-8-17(22)10-20(16)24/h2-12,26H,13H2,1H3. The van der Waals surface area contributed by atoms with Crippen molar-refractivity contribution in [2.75, 3.05) is 5.43 Å². The van der Waals surface area contributed by atoms with Gasteiger partial charge in [-0.25, -0.2) is 0 Å². The molecule has 6 heteroatoms. The second-order valence-corrected chi connectivity index (χ2v) is 7.15. The van der Waals surface area contributed by atoms with E-state index in [9.17, 15) is 0 Å². The quantitative estimate of drug-likeness (QED) is 0.345. The van der Waals surface area contributed by atoms with Crippen LogP contribution in [-0.4, -0.2) is 6.21 Å². The van der Waals surface area contributed by atoms with Crippen molar-refractivity contribution < 1.29 is 4.74 Å². The fraction of sp³-hybridized carbons (Fsp3) is 0.0952. The van der Waals surface area contributed by atoms with Crippen molar-refractivity contribution >= 4 is 46.7 Å². The second-order valence-electron chi connectivity index (χ2n) is 5.90. The predicted octanol–water partition coefficient (Wildman–Crippen LogP) is 6.98. The van der Waals surface area contributed by atoms with Gasteiger partial charge >= 0.3 is 0 Å². The average Bonchev–Trinajstić information content (AvgIpc) is 2.65. The zero-order valence-corrected chi connectivity index (χ0v) is 16.8. The van der Waals surface area contributed by atoms with Crippen LogP contribution in [0.5, 0.6) is 5.75 Å². The Bertz CT molecular complexity index is 973. The summed E-state index contributed by atoms with van der Waals surface area (Å²) >= 11 is 18.3. The Labute approximate surface area is 173 Å². The van der Waals surface area contributed by atoms with Crippen molar-refractivity contribution in [1.29, 1.82) is 0 Å². The number of hydrazone groups is 1. The normalized spacial score (nSPS) is 11.0. The molecule has 0 atom stereocenters. The van der Waals surface area contributed by atoms with Crippen molar-refractivity contribution in [2.24, 2.45) is 5.10 Å². The summed E-state index contributed by atoms with van der Waals surface area (Å²) in [5.41, 5.74) is 6.51. The molecule has 0 aliphatic heterocycles. The highest BCUT2D eigenvalue weighted by atomic mass is 35.5. The van der Waals surface area contributed by atoms with E-state index in [1.165, 1.54) is 0 Å². The highest BCUT2D eigenvalue weighted by Gasteiger charge is 2.05. The number of hydrogen-bond donors (Lipinski definition) is 1. The number of nitrogens with one attached hydrogen (secondary N) is 1. The molecule has 0 aliphatic rings. The van der Waals surface area contributed by atoms with Crippen molar-refractivity contribution in [3.8, 4) is 5.75 Å². The highest BCUT2D eigenvalue weighted by Crippen LogP contribution is 2.24. The third-order valence-corrected chi connectivity index (χ3v) is 4.88. The van der Waals surface area contributed by atoms with Crippen LogP contribution >= 0.6 is 34.8 Å². The van der Waals surface area contributed by atoms with Gasteiger partial charge in [-0.15, -0.1) is 0 Å². The molecule has 0 saturated heterocycles. The number of benzene rings is 3. The lowest BCUT2D eigenvalue weighted by Gasteiger charge is -2.10. The van der Waals surface area contributed by atoms with E-state index in [4.69, 9.17) is 39.5 Å². The second kappa shape index (κ2) is 9.14. The van der Waals surface area contributed by atoms with Gasteiger partial charge in [0.05, 0.1) is 11.9 Å². The summed E-state index contributed by atoms with van der Waals surface area (Å²) in [6.07, 6.45) is 1.70. The average molecular weight is 420 g/mol. The monoisotopic (exact) mass is 418 g/mol. The van der Waals surface area contributed by atoms with Crippen LogP contribution in [0.1, 0.15) is 16.7 Å². The van der Waals surface area contributed by atoms with Gasteiger partial charge in [-0.3, -0.25) is 5.43 Å². The molecular formula is C21H17Cl3N2O. The van der Waals surface area contributed by atoms with Crippen molar-refractivity contribution in [3.05, 3.63) is 92.4 Å². The Balaban J connectivity index is 1.68. The molecule has 0 aromatic heterocycles. The summed E-state index contributed by atoms with van der Waals surface area (Å²) in [6.45, 7) is 2.29. The van der Waals surface area contributed by atoms with Gasteiger partial charge in [0.2, 0.25) is 0 Å². The maximum atomic E-state index is 6.20. The minimum absolute atomic E-state index is 0.335. The molecule has 138 valence electrons. The summed E-state index contributed by atoms with van der Waals surface area (Å²) in [4.78, 5) is 0. The van der Waals surface area contributed by atoms with Gasteiger partial charge in [-0.1, -0.05) is 59.1 Å². The molecule has 3 nitrogen and oxygen atoms in total. The molecule has 0 amide bonds. The number of ether oxygens (including phenoxy) is 1. The van der Waals surface area contributed by atoms with E-state index in [-0.39, 0.29) is 0 Å². The molecule has 3 rings (SSSR count). The van der Waals surface area contributed by atoms with Crippen LogP contribution in [-0.2, 0) is 6.61 Å². The fourth-order valence-corrected chi connectivity index (χ4v) is 3.00. The van der Waals surface area contributed by atoms with Crippen LogP contribution in [0, 0.1) is 6.92 Å². The number of anilines is 1. The maximum Gasteiger partial charge on any atom is 0.128 e. The van der Waals surface area contributed by atoms with E-state index in [0.717, 1.165) is 22.4 Å². The summed E-state index contributed by atoms with van der Waals surface area (Å²) in [6, 6.07) is 18.7. The van der Waals surface area contributed by atoms with E-state index in [1.54, 1.807) is 18.3 Å². The van der Waals surface area contributed by atoms with Crippen LogP contribution < -0.4 is 10.2 Å². The van der Waals surface area contributed by atoms with E-state index in [0.29, 0.717) is 27.4 Å². The Morgan fingerprint density at radius 3 is 2.56 bits per heavy atom. The first-order chi connectivity index (χ1) is 13.0. The zero-order valence-electron chi connectivity index (χ0n) is 14.5. The van der Waals surface area contributed by atoms with Crippen LogP contribution in [0.4, 0.5) is 5.69 Å². The largest absolute Gasteiger partial charge is 0.488 e. The van der Waals surface area contributed by atoms with Crippen LogP contribution in [0.25, 0.3) is 0 Å². The number of para-hydroxylation sites is 1. The molecule has 0 unspecified atom stereocenters. The van der Waals surface area contributed by atoms with Gasteiger partial charge in [0.25, 0.3) is 0 Å². The van der Waals surface area contributed by atoms with Gasteiger partial charge in [-0.05, 0) is 48.9 Å². The highest BCUT2D eigenvalue weighted by molar-refractivity contribution is 6.35. The van der Waals surface area contributed by atoms with E-state index in [1.807, 2.05) is 55.5 Å². The minimum atomic E-state index is 0.335. The van der Waals surface area contributed by atoms with Crippen molar-refractivity contribution in [1.82, 2.24) is 0 Å². The van der Waals surface area contributed by atoms with Gasteiger partial charge in [0.1, 0.15) is 12.4 Å². The van der Waals surface area contributed by atoms with Crippen LogP contribution in [0.2, 0.25) is 15.1 Å². The smallest absolute Gasteiger partial charge is 0.128 e. The number of halogens is 3. The summed E-state index contributed by atoms with van der Waals surface area (Å²) < 4.78 is 5.91. The third-order valence-electron chi connectivity index (χ3n) is 3.89. The Morgan fingerprint density at radius 1 is 0.963 bits per heavy atom. The van der Waals surface area contributed by atoms with Gasteiger partial charge in [-0.2, -0.15) is 5.10 Å². The molecule has 27 heavy (non-hydrogen) atoms. The predicted molar refractivity (Wildman–Crippen MR) is 115 cm³/mol. The molecule has 1 N–H and O–H groups in total. The number of hydrogen-bond acceptors (Lipinski definition) is 3. The molecule has 0 heterocycles. The summed E-state index contributed by atoms with van der Waals surface area (Å²) in [5, 5.41) is 6.14. The van der Waals surface area contributed by atoms with Gasteiger partial charge in [0.15, 0.2) is 0 Å². The molecule has 0 spiro atoms. The van der Waals surface area contributed by atoms with Crippen LogP contribution in [0.3, 0.4) is 0 Å². The fourth-order valence-electron chi connectivity index (χ4n) is 2.35. The first-order valence-corrected chi connectivity index (χ1v) is 9.37. The third kappa shape index (κ3) is 5.39. The number of rotatable bonds is 6. The molecule has 0 bridgehead atoms. The minimum Gasteiger partial charge on any atom is -0.488 e. The van der Waals surface area contributed by atoms with E-state index < -0.39 is 0 Å². The molecule has 3 aromatic rings. The number of nitrogens with zero attached hydrogens (tertiary/aromatic N) is 1. The topological polar surface area (TPSA) is 33.6 Å². The van der Waals surface area contributed by atoms with Gasteiger partial charge in [0, 0.05) is 26.2 Å². The molecule has 0 aliphatic carbocycles. The zero-order chi connectivity index (χ0) is 19.2.